The Bertz CT molecular complexity index is 861. The molecule has 0 spiro atoms. The smallest absolute Gasteiger partial charge is 0.251 e. The minimum absolute atomic E-state index is 0.129. The molecule has 1 heterocycles. The van der Waals surface area contributed by atoms with Crippen LogP contribution in [-0.4, -0.2) is 41.9 Å². The quantitative estimate of drug-likeness (QED) is 0.682. The zero-order valence-electron chi connectivity index (χ0n) is 14.7. The summed E-state index contributed by atoms with van der Waals surface area (Å²) in [4.78, 5) is 16.4. The number of para-hydroxylation sites is 1. The van der Waals surface area contributed by atoms with E-state index < -0.39 is 0 Å². The number of hydrogen-bond donors (Lipinski definition) is 2. The van der Waals surface area contributed by atoms with E-state index >= 15 is 0 Å². The molecule has 3 rings (SSSR count). The average molecular weight is 352 g/mol. The maximum absolute atomic E-state index is 12.3. The van der Waals surface area contributed by atoms with Crippen molar-refractivity contribution >= 4 is 5.91 Å². The molecule has 0 saturated heterocycles. The Morgan fingerprint density at radius 3 is 2.58 bits per heavy atom. The Kier molecular flexibility index (Phi) is 5.48. The summed E-state index contributed by atoms with van der Waals surface area (Å²) >= 11 is 0. The molecule has 0 atom stereocenters. The number of amides is 1. The van der Waals surface area contributed by atoms with E-state index in [-0.39, 0.29) is 5.91 Å². The van der Waals surface area contributed by atoms with Crippen LogP contribution in [0.25, 0.3) is 11.4 Å². The first-order valence-corrected chi connectivity index (χ1v) is 8.16. The summed E-state index contributed by atoms with van der Waals surface area (Å²) in [5.41, 5.74) is 2.44. The Balaban J connectivity index is 1.59. The molecule has 0 bridgehead atoms. The first-order chi connectivity index (χ1) is 12.7. The lowest BCUT2D eigenvalue weighted by Gasteiger charge is -2.13. The highest BCUT2D eigenvalue weighted by Crippen LogP contribution is 2.30. The number of aromatic nitrogens is 3. The van der Waals surface area contributed by atoms with Crippen molar-refractivity contribution in [3.63, 3.8) is 0 Å². The van der Waals surface area contributed by atoms with E-state index in [1.807, 2.05) is 30.3 Å². The number of nitrogens with one attached hydrogen (secondary N) is 2. The molecule has 0 saturated carbocycles. The van der Waals surface area contributed by atoms with Crippen molar-refractivity contribution in [1.82, 2.24) is 20.5 Å². The van der Waals surface area contributed by atoms with Gasteiger partial charge >= 0.3 is 0 Å². The van der Waals surface area contributed by atoms with Crippen molar-refractivity contribution in [1.29, 1.82) is 0 Å². The third-order valence-electron chi connectivity index (χ3n) is 4.00. The van der Waals surface area contributed by atoms with Crippen molar-refractivity contribution in [3.05, 3.63) is 59.9 Å². The SMILES string of the molecule is COc1cccc(CCNC(=O)c2ccc(-c3ncn[nH]3)cc2)c1OC. The van der Waals surface area contributed by atoms with E-state index in [4.69, 9.17) is 9.47 Å². The zero-order chi connectivity index (χ0) is 18.4. The Hall–Kier alpha value is -3.35. The summed E-state index contributed by atoms with van der Waals surface area (Å²) in [6.07, 6.45) is 2.09. The number of benzene rings is 2. The van der Waals surface area contributed by atoms with Gasteiger partial charge in [0.1, 0.15) is 6.33 Å². The van der Waals surface area contributed by atoms with Gasteiger partial charge in [0.05, 0.1) is 14.2 Å². The number of hydrogen-bond acceptors (Lipinski definition) is 5. The molecule has 7 heteroatoms. The first-order valence-electron chi connectivity index (χ1n) is 8.16. The van der Waals surface area contributed by atoms with Crippen LogP contribution in [0.2, 0.25) is 0 Å². The van der Waals surface area contributed by atoms with Crippen LogP contribution in [0.3, 0.4) is 0 Å². The fourth-order valence-corrected chi connectivity index (χ4v) is 2.69. The number of nitrogens with zero attached hydrogens (tertiary/aromatic N) is 2. The van der Waals surface area contributed by atoms with Gasteiger partial charge in [-0.25, -0.2) is 4.98 Å². The second kappa shape index (κ2) is 8.15. The summed E-state index contributed by atoms with van der Waals surface area (Å²) in [5.74, 6) is 1.91. The van der Waals surface area contributed by atoms with Gasteiger partial charge in [-0.1, -0.05) is 24.3 Å². The van der Waals surface area contributed by atoms with Gasteiger partial charge in [0.15, 0.2) is 17.3 Å². The Morgan fingerprint density at radius 1 is 1.12 bits per heavy atom. The highest BCUT2D eigenvalue weighted by atomic mass is 16.5. The fourth-order valence-electron chi connectivity index (χ4n) is 2.69. The molecule has 0 aliphatic rings. The topological polar surface area (TPSA) is 89.1 Å². The largest absolute Gasteiger partial charge is 0.493 e. The molecule has 0 aliphatic heterocycles. The standard InChI is InChI=1S/C19H20N4O3/c1-25-16-5-3-4-13(17(16)26-2)10-11-20-19(24)15-8-6-14(7-9-15)18-21-12-22-23-18/h3-9,12H,10-11H2,1-2H3,(H,20,24)(H,21,22,23). The summed E-state index contributed by atoms with van der Waals surface area (Å²) in [5, 5.41) is 9.53. The molecule has 2 aromatic carbocycles. The molecule has 134 valence electrons. The minimum Gasteiger partial charge on any atom is -0.493 e. The summed E-state index contributed by atoms with van der Waals surface area (Å²) in [6, 6.07) is 12.9. The Morgan fingerprint density at radius 2 is 1.92 bits per heavy atom. The normalized spacial score (nSPS) is 10.4. The van der Waals surface area contributed by atoms with Crippen LogP contribution >= 0.6 is 0 Å². The number of carbonyl (C=O) groups excluding carboxylic acids is 1. The van der Waals surface area contributed by atoms with Crippen molar-refractivity contribution < 1.29 is 14.3 Å². The lowest BCUT2D eigenvalue weighted by Crippen LogP contribution is -2.25. The number of carbonyl (C=O) groups is 1. The summed E-state index contributed by atoms with van der Waals surface area (Å²) < 4.78 is 10.7. The molecule has 3 aromatic rings. The molecule has 0 fully saturated rings. The predicted octanol–water partition coefficient (Wildman–Crippen LogP) is 2.46. The van der Waals surface area contributed by atoms with Crippen LogP contribution < -0.4 is 14.8 Å². The van der Waals surface area contributed by atoms with E-state index in [1.165, 1.54) is 6.33 Å². The molecule has 0 aliphatic carbocycles. The second-order valence-electron chi connectivity index (χ2n) is 5.57. The van der Waals surface area contributed by atoms with Gasteiger partial charge in [-0.15, -0.1) is 0 Å². The molecule has 1 amide bonds. The molecular weight excluding hydrogens is 332 g/mol. The zero-order valence-corrected chi connectivity index (χ0v) is 14.7. The van der Waals surface area contributed by atoms with E-state index in [1.54, 1.807) is 26.4 Å². The third kappa shape index (κ3) is 3.83. The minimum atomic E-state index is -0.129. The van der Waals surface area contributed by atoms with Gasteiger partial charge in [-0.2, -0.15) is 5.10 Å². The van der Waals surface area contributed by atoms with E-state index in [2.05, 4.69) is 20.5 Å². The van der Waals surface area contributed by atoms with Gasteiger partial charge in [-0.3, -0.25) is 9.89 Å². The summed E-state index contributed by atoms with van der Waals surface area (Å²) in [7, 11) is 3.21. The Labute approximate surface area is 151 Å². The fraction of sp³-hybridized carbons (Fsp3) is 0.211. The number of methoxy groups -OCH3 is 2. The van der Waals surface area contributed by atoms with Crippen molar-refractivity contribution in [2.75, 3.05) is 20.8 Å². The maximum Gasteiger partial charge on any atom is 0.251 e. The number of H-pyrrole nitrogens is 1. The molecule has 1 aromatic heterocycles. The van der Waals surface area contributed by atoms with E-state index in [0.29, 0.717) is 35.9 Å². The van der Waals surface area contributed by atoms with Crippen molar-refractivity contribution in [2.45, 2.75) is 6.42 Å². The molecule has 7 nitrogen and oxygen atoms in total. The van der Waals surface area contributed by atoms with E-state index in [9.17, 15) is 4.79 Å². The van der Waals surface area contributed by atoms with Crippen LogP contribution in [0.15, 0.2) is 48.8 Å². The predicted molar refractivity (Wildman–Crippen MR) is 97.4 cm³/mol. The van der Waals surface area contributed by atoms with Gasteiger partial charge in [0, 0.05) is 17.7 Å². The number of ether oxygens (including phenoxy) is 2. The highest BCUT2D eigenvalue weighted by molar-refractivity contribution is 5.94. The molecule has 0 radical (unpaired) electrons. The third-order valence-corrected chi connectivity index (χ3v) is 4.00. The van der Waals surface area contributed by atoms with Crippen LogP contribution in [-0.2, 0) is 6.42 Å². The van der Waals surface area contributed by atoms with Gasteiger partial charge in [0.2, 0.25) is 0 Å². The maximum atomic E-state index is 12.3. The van der Waals surface area contributed by atoms with Crippen molar-refractivity contribution in [3.8, 4) is 22.9 Å². The van der Waals surface area contributed by atoms with Crippen LogP contribution in [0, 0.1) is 0 Å². The van der Waals surface area contributed by atoms with Gasteiger partial charge in [0.25, 0.3) is 5.91 Å². The number of rotatable bonds is 7. The lowest BCUT2D eigenvalue weighted by molar-refractivity contribution is 0.0954. The van der Waals surface area contributed by atoms with Crippen LogP contribution in [0.5, 0.6) is 11.5 Å². The average Bonchev–Trinajstić information content (AvgIpc) is 3.22. The monoisotopic (exact) mass is 352 g/mol. The van der Waals surface area contributed by atoms with Crippen LogP contribution in [0.4, 0.5) is 0 Å². The molecular formula is C19H20N4O3. The van der Waals surface area contributed by atoms with Crippen LogP contribution in [0.1, 0.15) is 15.9 Å². The van der Waals surface area contributed by atoms with Gasteiger partial charge < -0.3 is 14.8 Å². The second-order valence-corrected chi connectivity index (χ2v) is 5.57. The highest BCUT2D eigenvalue weighted by Gasteiger charge is 2.11. The molecule has 26 heavy (non-hydrogen) atoms. The van der Waals surface area contributed by atoms with Crippen molar-refractivity contribution in [2.24, 2.45) is 0 Å². The molecule has 2 N–H and O–H groups in total. The molecule has 0 unspecified atom stereocenters. The van der Waals surface area contributed by atoms with Gasteiger partial charge in [-0.05, 0) is 30.2 Å². The van der Waals surface area contributed by atoms with E-state index in [0.717, 1.165) is 11.1 Å². The lowest BCUT2D eigenvalue weighted by atomic mass is 10.1. The first kappa shape index (κ1) is 17.5. The summed E-state index contributed by atoms with van der Waals surface area (Å²) in [6.45, 7) is 0.492. The number of aromatic amines is 1.